The summed E-state index contributed by atoms with van der Waals surface area (Å²) in [5.74, 6) is 0. The molecule has 0 aliphatic rings. The second kappa shape index (κ2) is 9.28. The number of rotatable bonds is 0. The molecule has 0 saturated heterocycles. The van der Waals surface area contributed by atoms with Crippen LogP contribution in [0, 0.1) is 0 Å². The summed E-state index contributed by atoms with van der Waals surface area (Å²) in [6, 6.07) is 0. The molecule has 4 heteroatoms. The Bertz CT molecular complexity index is 6.00. The number of hydrogen-bond donors (Lipinski definition) is 2. The molecule has 0 aromatic heterocycles. The standard InChI is InChI=1S/Li.H4O2Si.H/c;1-3-2;/h;1-2H,3H2;. The molecule has 0 aromatic rings. The summed E-state index contributed by atoms with van der Waals surface area (Å²) in [7, 11) is -1.58. The average Bonchev–Trinajstić information content (AvgIpc) is 0.918. The van der Waals surface area contributed by atoms with Crippen molar-refractivity contribution in [2.75, 3.05) is 0 Å². The second-order valence-electron chi connectivity index (χ2n) is 0.141. The SMILES string of the molecule is O[SiH2]O.[LiH]. The molecular weight excluding hydrogens is 67.0 g/mol. The minimum atomic E-state index is -1.58. The van der Waals surface area contributed by atoms with E-state index in [9.17, 15) is 0 Å². The monoisotopic (exact) mass is 72.0 g/mol. The van der Waals surface area contributed by atoms with Crippen molar-refractivity contribution >= 4 is 28.9 Å². The van der Waals surface area contributed by atoms with Gasteiger partial charge in [-0.25, -0.2) is 0 Å². The molecule has 22 valence electrons. The van der Waals surface area contributed by atoms with Gasteiger partial charge in [0.25, 0.3) is 10.0 Å². The first kappa shape index (κ1) is 8.83. The zero-order chi connectivity index (χ0) is 2.71. The predicted molar refractivity (Wildman–Crippen MR) is 20.1 cm³/mol. The molecule has 0 heterocycles. The zero-order valence-electron chi connectivity index (χ0n) is 1.60. The van der Waals surface area contributed by atoms with Gasteiger partial charge < -0.3 is 9.59 Å². The van der Waals surface area contributed by atoms with Crippen LogP contribution in [0.3, 0.4) is 0 Å². The third-order valence-electron chi connectivity index (χ3n) is 0. The molecule has 0 radical (unpaired) electrons. The van der Waals surface area contributed by atoms with E-state index in [2.05, 4.69) is 0 Å². The zero-order valence-corrected chi connectivity index (χ0v) is 3.02. The van der Waals surface area contributed by atoms with Crippen LogP contribution >= 0.6 is 0 Å². The average molecular weight is 72.1 g/mol. The first-order valence-electron chi connectivity index (χ1n) is 0.632. The molecule has 0 aliphatic heterocycles. The fourth-order valence-corrected chi connectivity index (χ4v) is 0. The number of hydrogen-bond acceptors (Lipinski definition) is 2. The summed E-state index contributed by atoms with van der Waals surface area (Å²) in [6.45, 7) is 0. The first-order valence-corrected chi connectivity index (χ1v) is 1.90. The van der Waals surface area contributed by atoms with Crippen LogP contribution in [0.5, 0.6) is 0 Å². The Morgan fingerprint density at radius 3 is 1.25 bits per heavy atom. The molecular formula is H5LiO2Si. The van der Waals surface area contributed by atoms with Gasteiger partial charge in [-0.2, -0.15) is 0 Å². The third kappa shape index (κ3) is 15.3. The summed E-state index contributed by atoms with van der Waals surface area (Å²) in [4.78, 5) is 14.5. The van der Waals surface area contributed by atoms with Crippen LogP contribution in [0.1, 0.15) is 0 Å². The molecule has 0 spiro atoms. The van der Waals surface area contributed by atoms with Crippen molar-refractivity contribution in [2.45, 2.75) is 0 Å². The van der Waals surface area contributed by atoms with Crippen LogP contribution in [0.15, 0.2) is 0 Å². The van der Waals surface area contributed by atoms with Crippen molar-refractivity contribution in [1.82, 2.24) is 0 Å². The maximum absolute atomic E-state index is 7.26. The fourth-order valence-electron chi connectivity index (χ4n) is 0. The molecule has 2 N–H and O–H groups in total. The molecule has 0 saturated carbocycles. The van der Waals surface area contributed by atoms with Crippen molar-refractivity contribution in [1.29, 1.82) is 0 Å². The summed E-state index contributed by atoms with van der Waals surface area (Å²) in [5.41, 5.74) is 0. The van der Waals surface area contributed by atoms with Crippen LogP contribution in [0.2, 0.25) is 0 Å². The van der Waals surface area contributed by atoms with Crippen molar-refractivity contribution < 1.29 is 9.59 Å². The molecule has 0 atom stereocenters. The van der Waals surface area contributed by atoms with Crippen molar-refractivity contribution in [3.05, 3.63) is 0 Å². The molecule has 2 nitrogen and oxygen atoms in total. The Labute approximate surface area is 39.1 Å². The van der Waals surface area contributed by atoms with E-state index in [0.29, 0.717) is 0 Å². The molecule has 0 unspecified atom stereocenters. The van der Waals surface area contributed by atoms with E-state index in [4.69, 9.17) is 9.59 Å². The first-order chi connectivity index (χ1) is 1.41. The topological polar surface area (TPSA) is 40.5 Å². The van der Waals surface area contributed by atoms with E-state index in [1.165, 1.54) is 0 Å². The maximum atomic E-state index is 7.26. The van der Waals surface area contributed by atoms with Crippen LogP contribution < -0.4 is 0 Å². The van der Waals surface area contributed by atoms with Crippen molar-refractivity contribution in [2.24, 2.45) is 0 Å². The Hall–Kier alpha value is 0.734. The molecule has 0 bridgehead atoms. The second-order valence-corrected chi connectivity index (χ2v) is 0.424. The summed E-state index contributed by atoms with van der Waals surface area (Å²) in [5, 5.41) is 0. The van der Waals surface area contributed by atoms with Gasteiger partial charge in [-0.3, -0.25) is 0 Å². The van der Waals surface area contributed by atoms with Gasteiger partial charge in [0, 0.05) is 0 Å². The van der Waals surface area contributed by atoms with Gasteiger partial charge >= 0.3 is 18.9 Å². The minimum absolute atomic E-state index is 0. The Morgan fingerprint density at radius 1 is 1.25 bits per heavy atom. The fraction of sp³-hybridized carbons (Fsp3) is 0. The van der Waals surface area contributed by atoms with E-state index in [1.54, 1.807) is 0 Å². The van der Waals surface area contributed by atoms with Gasteiger partial charge in [0.15, 0.2) is 0 Å². The third-order valence-corrected chi connectivity index (χ3v) is 0. The van der Waals surface area contributed by atoms with Crippen LogP contribution in [-0.2, 0) is 0 Å². The Balaban J connectivity index is 0. The quantitative estimate of drug-likeness (QED) is 0.306. The van der Waals surface area contributed by atoms with Gasteiger partial charge in [0.1, 0.15) is 0 Å². The van der Waals surface area contributed by atoms with Gasteiger partial charge in [0.2, 0.25) is 0 Å². The van der Waals surface area contributed by atoms with Crippen LogP contribution in [-0.4, -0.2) is 38.5 Å². The molecule has 0 aromatic carbocycles. The molecule has 4 heavy (non-hydrogen) atoms. The Kier molecular flexibility index (Phi) is 20.5. The molecule has 0 fully saturated rings. The van der Waals surface area contributed by atoms with Crippen molar-refractivity contribution in [3.8, 4) is 0 Å². The molecule has 0 amide bonds. The summed E-state index contributed by atoms with van der Waals surface area (Å²) < 4.78 is 0. The molecule has 0 aliphatic carbocycles. The van der Waals surface area contributed by atoms with Gasteiger partial charge in [0.05, 0.1) is 0 Å². The van der Waals surface area contributed by atoms with Gasteiger partial charge in [-0.05, 0) is 0 Å². The normalized spacial score (nSPS) is 4.50. The van der Waals surface area contributed by atoms with Crippen LogP contribution in [0.25, 0.3) is 0 Å². The van der Waals surface area contributed by atoms with E-state index in [1.807, 2.05) is 0 Å². The van der Waals surface area contributed by atoms with E-state index < -0.39 is 10.0 Å². The summed E-state index contributed by atoms with van der Waals surface area (Å²) in [6.07, 6.45) is 0. The van der Waals surface area contributed by atoms with E-state index in [-0.39, 0.29) is 18.9 Å². The molecule has 0 rings (SSSR count). The van der Waals surface area contributed by atoms with E-state index >= 15 is 0 Å². The van der Waals surface area contributed by atoms with Gasteiger partial charge in [-0.1, -0.05) is 0 Å². The van der Waals surface area contributed by atoms with Gasteiger partial charge in [-0.15, -0.1) is 0 Å². The van der Waals surface area contributed by atoms with E-state index in [0.717, 1.165) is 0 Å². The summed E-state index contributed by atoms with van der Waals surface area (Å²) >= 11 is 0. The van der Waals surface area contributed by atoms with Crippen molar-refractivity contribution in [3.63, 3.8) is 0 Å². The Morgan fingerprint density at radius 2 is 1.25 bits per heavy atom. The van der Waals surface area contributed by atoms with Crippen LogP contribution in [0.4, 0.5) is 0 Å². The predicted octanol–water partition coefficient (Wildman–Crippen LogP) is -2.68.